The maximum absolute atomic E-state index is 12.8. The molecule has 3 aromatic rings. The van der Waals surface area contributed by atoms with Gasteiger partial charge >= 0.3 is 0 Å². The van der Waals surface area contributed by atoms with Crippen molar-refractivity contribution in [3.63, 3.8) is 0 Å². The molecule has 0 unspecified atom stereocenters. The van der Waals surface area contributed by atoms with Crippen LogP contribution in [0.2, 0.25) is 0 Å². The molecule has 32 heavy (non-hydrogen) atoms. The van der Waals surface area contributed by atoms with Crippen molar-refractivity contribution in [1.29, 1.82) is 0 Å². The van der Waals surface area contributed by atoms with Crippen molar-refractivity contribution >= 4 is 17.5 Å². The van der Waals surface area contributed by atoms with E-state index in [1.54, 1.807) is 38.3 Å². The molecule has 2 amide bonds. The van der Waals surface area contributed by atoms with Crippen LogP contribution >= 0.6 is 0 Å². The first kappa shape index (κ1) is 21.5. The zero-order valence-electron chi connectivity index (χ0n) is 18.2. The maximum Gasteiger partial charge on any atom is 0.253 e. The normalized spacial score (nSPS) is 14.2. The highest BCUT2D eigenvalue weighted by atomic mass is 16.5. The summed E-state index contributed by atoms with van der Waals surface area (Å²) in [6, 6.07) is 14.5. The number of hydrogen-bond acceptors (Lipinski definition) is 6. The second-order valence-corrected chi connectivity index (χ2v) is 7.73. The van der Waals surface area contributed by atoms with Crippen LogP contribution in [0.1, 0.15) is 48.4 Å². The lowest BCUT2D eigenvalue weighted by atomic mass is 9.96. The minimum Gasteiger partial charge on any atom is -0.497 e. The molecule has 4 rings (SSSR count). The molecule has 2 aromatic carbocycles. The second kappa shape index (κ2) is 9.64. The number of nitrogens with zero attached hydrogens (tertiary/aromatic N) is 3. The summed E-state index contributed by atoms with van der Waals surface area (Å²) in [5.74, 6) is 1.88. The van der Waals surface area contributed by atoms with Crippen LogP contribution in [0, 0.1) is 0 Å². The number of carbonyl (C=O) groups is 2. The van der Waals surface area contributed by atoms with E-state index < -0.39 is 0 Å². The van der Waals surface area contributed by atoms with Gasteiger partial charge in [-0.3, -0.25) is 9.59 Å². The van der Waals surface area contributed by atoms with Crippen molar-refractivity contribution in [1.82, 2.24) is 15.0 Å². The average Bonchev–Trinajstić information content (AvgIpc) is 3.34. The highest BCUT2D eigenvalue weighted by molar-refractivity contribution is 5.94. The van der Waals surface area contributed by atoms with Gasteiger partial charge in [0.15, 0.2) is 0 Å². The summed E-state index contributed by atoms with van der Waals surface area (Å²) in [6.45, 7) is 3.07. The number of aromatic nitrogens is 2. The number of ether oxygens (including phenoxy) is 1. The summed E-state index contributed by atoms with van der Waals surface area (Å²) in [6.07, 6.45) is 1.93. The number of anilines is 1. The number of hydrogen-bond donors (Lipinski definition) is 1. The Kier molecular flexibility index (Phi) is 6.49. The number of piperidine rings is 1. The quantitative estimate of drug-likeness (QED) is 0.627. The average molecular weight is 434 g/mol. The fourth-order valence-electron chi connectivity index (χ4n) is 3.75. The first-order valence-electron chi connectivity index (χ1n) is 10.7. The number of likely N-dealkylation sites (tertiary alicyclic amines) is 1. The van der Waals surface area contributed by atoms with Gasteiger partial charge in [-0.2, -0.15) is 4.98 Å². The molecule has 1 saturated heterocycles. The SMILES string of the molecule is CCC(=O)Nc1cccc(-c2noc(C3CCN(C(=O)c4ccc(OC)cc4)CC3)n2)c1. The van der Waals surface area contributed by atoms with Gasteiger partial charge in [0.05, 0.1) is 7.11 Å². The van der Waals surface area contributed by atoms with E-state index in [2.05, 4.69) is 15.5 Å². The molecular weight excluding hydrogens is 408 g/mol. The van der Waals surface area contributed by atoms with Crippen molar-refractivity contribution in [2.24, 2.45) is 0 Å². The van der Waals surface area contributed by atoms with Crippen molar-refractivity contribution in [3.05, 3.63) is 60.0 Å². The van der Waals surface area contributed by atoms with Crippen molar-refractivity contribution in [2.45, 2.75) is 32.1 Å². The fraction of sp³-hybridized carbons (Fsp3) is 0.333. The van der Waals surface area contributed by atoms with E-state index in [-0.39, 0.29) is 17.7 Å². The number of nitrogens with one attached hydrogen (secondary N) is 1. The largest absolute Gasteiger partial charge is 0.497 e. The molecule has 1 aliphatic heterocycles. The van der Waals surface area contributed by atoms with Crippen molar-refractivity contribution < 1.29 is 18.8 Å². The Morgan fingerprint density at radius 3 is 2.59 bits per heavy atom. The second-order valence-electron chi connectivity index (χ2n) is 7.73. The fourth-order valence-corrected chi connectivity index (χ4v) is 3.75. The van der Waals surface area contributed by atoms with E-state index >= 15 is 0 Å². The van der Waals surface area contributed by atoms with Crippen molar-refractivity contribution in [2.75, 3.05) is 25.5 Å². The zero-order valence-corrected chi connectivity index (χ0v) is 18.2. The molecular formula is C24H26N4O4. The van der Waals surface area contributed by atoms with E-state index in [9.17, 15) is 9.59 Å². The molecule has 0 spiro atoms. The van der Waals surface area contributed by atoms with Gasteiger partial charge < -0.3 is 19.5 Å². The van der Waals surface area contributed by atoms with Crippen LogP contribution < -0.4 is 10.1 Å². The van der Waals surface area contributed by atoms with Crippen LogP contribution in [-0.4, -0.2) is 47.1 Å². The Balaban J connectivity index is 1.38. The smallest absolute Gasteiger partial charge is 0.253 e. The van der Waals surface area contributed by atoms with E-state index in [0.717, 1.165) is 24.2 Å². The highest BCUT2D eigenvalue weighted by Crippen LogP contribution is 2.30. The summed E-state index contributed by atoms with van der Waals surface area (Å²) in [7, 11) is 1.60. The summed E-state index contributed by atoms with van der Waals surface area (Å²) in [5, 5.41) is 6.97. The van der Waals surface area contributed by atoms with Gasteiger partial charge in [-0.25, -0.2) is 0 Å². The topological polar surface area (TPSA) is 97.6 Å². The van der Waals surface area contributed by atoms with Crippen molar-refractivity contribution in [3.8, 4) is 17.1 Å². The number of methoxy groups -OCH3 is 1. The molecule has 2 heterocycles. The Labute approximate surface area is 186 Å². The number of benzene rings is 2. The lowest BCUT2D eigenvalue weighted by molar-refractivity contribution is -0.115. The van der Waals surface area contributed by atoms with E-state index in [4.69, 9.17) is 9.26 Å². The third-order valence-electron chi connectivity index (χ3n) is 5.64. The highest BCUT2D eigenvalue weighted by Gasteiger charge is 2.28. The molecule has 8 nitrogen and oxygen atoms in total. The first-order chi connectivity index (χ1) is 15.6. The first-order valence-corrected chi connectivity index (χ1v) is 10.7. The molecule has 0 radical (unpaired) electrons. The molecule has 1 aromatic heterocycles. The van der Waals surface area contributed by atoms with Gasteiger partial charge in [-0.05, 0) is 49.2 Å². The Morgan fingerprint density at radius 1 is 1.16 bits per heavy atom. The van der Waals surface area contributed by atoms with Crippen LogP contribution in [0.15, 0.2) is 53.1 Å². The monoisotopic (exact) mass is 434 g/mol. The van der Waals surface area contributed by atoms with Crippen LogP contribution in [0.5, 0.6) is 5.75 Å². The van der Waals surface area contributed by atoms with E-state index in [1.807, 2.05) is 29.2 Å². The number of carbonyl (C=O) groups excluding carboxylic acids is 2. The van der Waals surface area contributed by atoms with Gasteiger partial charge in [0.2, 0.25) is 17.6 Å². The van der Waals surface area contributed by atoms with Gasteiger partial charge in [0.25, 0.3) is 5.91 Å². The summed E-state index contributed by atoms with van der Waals surface area (Å²) in [4.78, 5) is 30.8. The minimum atomic E-state index is -0.0492. The molecule has 8 heteroatoms. The molecule has 1 fully saturated rings. The summed E-state index contributed by atoms with van der Waals surface area (Å²) < 4.78 is 10.7. The Morgan fingerprint density at radius 2 is 1.91 bits per heavy atom. The Hall–Kier alpha value is -3.68. The molecule has 1 N–H and O–H groups in total. The van der Waals surface area contributed by atoms with Gasteiger partial charge in [0, 0.05) is 42.2 Å². The van der Waals surface area contributed by atoms with Crippen LogP contribution in [0.25, 0.3) is 11.4 Å². The van der Waals surface area contributed by atoms with E-state index in [1.165, 1.54) is 0 Å². The van der Waals surface area contributed by atoms with Gasteiger partial charge in [-0.15, -0.1) is 0 Å². The maximum atomic E-state index is 12.8. The number of rotatable bonds is 6. The summed E-state index contributed by atoms with van der Waals surface area (Å²) in [5.41, 5.74) is 2.13. The third kappa shape index (κ3) is 4.80. The molecule has 166 valence electrons. The standard InChI is InChI=1S/C24H26N4O4/c1-3-21(29)25-19-6-4-5-18(15-19)22-26-23(32-27-22)16-11-13-28(14-12-16)24(30)17-7-9-20(31-2)10-8-17/h4-10,15-16H,3,11-14H2,1-2H3,(H,25,29). The molecule has 0 saturated carbocycles. The zero-order chi connectivity index (χ0) is 22.5. The Bertz CT molecular complexity index is 1090. The molecule has 0 atom stereocenters. The third-order valence-corrected chi connectivity index (χ3v) is 5.64. The van der Waals surface area contributed by atoms with Gasteiger partial charge in [-0.1, -0.05) is 24.2 Å². The lowest BCUT2D eigenvalue weighted by Crippen LogP contribution is -2.37. The predicted molar refractivity (Wildman–Crippen MR) is 120 cm³/mol. The summed E-state index contributed by atoms with van der Waals surface area (Å²) >= 11 is 0. The van der Waals surface area contributed by atoms with Gasteiger partial charge in [0.1, 0.15) is 5.75 Å². The minimum absolute atomic E-state index is 0.0169. The molecule has 0 bridgehead atoms. The van der Waals surface area contributed by atoms with Crippen LogP contribution in [0.4, 0.5) is 5.69 Å². The number of amides is 2. The predicted octanol–water partition coefficient (Wildman–Crippen LogP) is 4.11. The van der Waals surface area contributed by atoms with Crippen LogP contribution in [-0.2, 0) is 4.79 Å². The lowest BCUT2D eigenvalue weighted by Gasteiger charge is -2.30. The molecule has 1 aliphatic rings. The van der Waals surface area contributed by atoms with E-state index in [0.29, 0.717) is 42.5 Å². The van der Waals surface area contributed by atoms with Crippen LogP contribution in [0.3, 0.4) is 0 Å². The molecule has 0 aliphatic carbocycles.